The van der Waals surface area contributed by atoms with Crippen LogP contribution in [0.1, 0.15) is 11.5 Å². The molecule has 0 saturated carbocycles. The summed E-state index contributed by atoms with van der Waals surface area (Å²) in [5, 5.41) is 7.88. The summed E-state index contributed by atoms with van der Waals surface area (Å²) in [6, 6.07) is 4.40. The number of pyridine rings is 1. The Balaban J connectivity index is 2.01. The van der Waals surface area contributed by atoms with Crippen LogP contribution in [-0.2, 0) is 13.0 Å². The van der Waals surface area contributed by atoms with Gasteiger partial charge in [-0.2, -0.15) is 0 Å². The average molecular weight is 233 g/mol. The fourth-order valence-corrected chi connectivity index (χ4v) is 1.46. The summed E-state index contributed by atoms with van der Waals surface area (Å²) in [4.78, 5) is 5.94. The van der Waals surface area contributed by atoms with Crippen LogP contribution in [0.5, 0.6) is 0 Å². The lowest BCUT2D eigenvalue weighted by Gasteiger charge is -2.13. The van der Waals surface area contributed by atoms with E-state index in [1.807, 2.05) is 30.3 Å². The van der Waals surface area contributed by atoms with Gasteiger partial charge in [0.15, 0.2) is 0 Å². The molecule has 0 fully saturated rings. The summed E-state index contributed by atoms with van der Waals surface area (Å²) in [5.74, 6) is 0.570. The van der Waals surface area contributed by atoms with E-state index in [2.05, 4.69) is 15.2 Å². The summed E-state index contributed by atoms with van der Waals surface area (Å²) >= 11 is 0. The van der Waals surface area contributed by atoms with E-state index in [4.69, 9.17) is 10.2 Å². The van der Waals surface area contributed by atoms with E-state index in [1.54, 1.807) is 6.20 Å². The predicted octanol–water partition coefficient (Wildman–Crippen LogP) is 0.602. The maximum absolute atomic E-state index is 5.46. The van der Waals surface area contributed by atoms with Crippen molar-refractivity contribution in [2.24, 2.45) is 5.73 Å². The van der Waals surface area contributed by atoms with Gasteiger partial charge in [0.1, 0.15) is 0 Å². The molecule has 90 valence electrons. The summed E-state index contributed by atoms with van der Waals surface area (Å²) in [7, 11) is 1.90. The van der Waals surface area contributed by atoms with Gasteiger partial charge in [-0.05, 0) is 11.6 Å². The fourth-order valence-electron chi connectivity index (χ4n) is 1.46. The fraction of sp³-hybridized carbons (Fsp3) is 0.364. The maximum atomic E-state index is 5.46. The van der Waals surface area contributed by atoms with E-state index < -0.39 is 0 Å². The monoisotopic (exact) mass is 233 g/mol. The third-order valence-corrected chi connectivity index (χ3v) is 2.28. The Morgan fingerprint density at radius 3 is 3.00 bits per heavy atom. The standard InChI is InChI=1S/C11H15N5O/c1-16(8-9-3-2-6-13-7-9)11-15-14-10(17-11)4-5-12/h2-3,6-7H,4-5,8,12H2,1H3. The molecule has 17 heavy (non-hydrogen) atoms. The summed E-state index contributed by atoms with van der Waals surface area (Å²) < 4.78 is 5.46. The first kappa shape index (κ1) is 11.5. The highest BCUT2D eigenvalue weighted by Gasteiger charge is 2.10. The number of nitrogens with two attached hydrogens (primary N) is 1. The zero-order chi connectivity index (χ0) is 12.1. The molecule has 0 aromatic carbocycles. The van der Waals surface area contributed by atoms with E-state index in [9.17, 15) is 0 Å². The van der Waals surface area contributed by atoms with Crippen LogP contribution in [0.3, 0.4) is 0 Å². The minimum atomic E-state index is 0.498. The Bertz CT molecular complexity index is 456. The number of anilines is 1. The van der Waals surface area contributed by atoms with Crippen LogP contribution < -0.4 is 10.6 Å². The SMILES string of the molecule is CN(Cc1cccnc1)c1nnc(CCN)o1. The molecule has 0 atom stereocenters. The van der Waals surface area contributed by atoms with Crippen molar-refractivity contribution in [3.8, 4) is 0 Å². The molecule has 0 aliphatic heterocycles. The highest BCUT2D eigenvalue weighted by atomic mass is 16.4. The molecule has 0 spiro atoms. The predicted molar refractivity (Wildman–Crippen MR) is 63.4 cm³/mol. The highest BCUT2D eigenvalue weighted by molar-refractivity contribution is 5.25. The van der Waals surface area contributed by atoms with E-state index >= 15 is 0 Å². The van der Waals surface area contributed by atoms with Crippen molar-refractivity contribution in [2.75, 3.05) is 18.5 Å². The lowest BCUT2D eigenvalue weighted by Crippen LogP contribution is -2.16. The smallest absolute Gasteiger partial charge is 0.318 e. The van der Waals surface area contributed by atoms with Gasteiger partial charge in [-0.3, -0.25) is 4.98 Å². The molecule has 2 aromatic rings. The van der Waals surface area contributed by atoms with Crippen LogP contribution in [0.25, 0.3) is 0 Å². The molecule has 0 unspecified atom stereocenters. The Labute approximate surface area is 99.5 Å². The molecule has 0 radical (unpaired) electrons. The summed E-state index contributed by atoms with van der Waals surface area (Å²) in [6.45, 7) is 1.19. The van der Waals surface area contributed by atoms with Gasteiger partial charge in [0.25, 0.3) is 0 Å². The second-order valence-electron chi connectivity index (χ2n) is 3.73. The number of hydrogen-bond acceptors (Lipinski definition) is 6. The van der Waals surface area contributed by atoms with Gasteiger partial charge in [-0.1, -0.05) is 11.2 Å². The second kappa shape index (κ2) is 5.40. The summed E-state index contributed by atoms with van der Waals surface area (Å²) in [6.07, 6.45) is 4.16. The molecule has 2 aromatic heterocycles. The second-order valence-corrected chi connectivity index (χ2v) is 3.73. The Hall–Kier alpha value is -1.95. The quantitative estimate of drug-likeness (QED) is 0.814. The van der Waals surface area contributed by atoms with Crippen molar-refractivity contribution in [2.45, 2.75) is 13.0 Å². The molecule has 0 bridgehead atoms. The largest absolute Gasteiger partial charge is 0.408 e. The number of hydrogen-bond donors (Lipinski definition) is 1. The molecule has 0 aliphatic carbocycles. The molecular formula is C11H15N5O. The zero-order valence-electron chi connectivity index (χ0n) is 9.71. The van der Waals surface area contributed by atoms with Gasteiger partial charge in [-0.25, -0.2) is 0 Å². The lowest BCUT2D eigenvalue weighted by atomic mass is 10.3. The Morgan fingerprint density at radius 1 is 1.41 bits per heavy atom. The molecule has 0 amide bonds. The third-order valence-electron chi connectivity index (χ3n) is 2.28. The van der Waals surface area contributed by atoms with Crippen molar-refractivity contribution in [1.29, 1.82) is 0 Å². The number of aromatic nitrogens is 3. The van der Waals surface area contributed by atoms with Crippen LogP contribution in [0.2, 0.25) is 0 Å². The van der Waals surface area contributed by atoms with Gasteiger partial charge in [0.2, 0.25) is 5.89 Å². The summed E-state index contributed by atoms with van der Waals surface area (Å²) in [5.41, 5.74) is 6.51. The molecule has 0 saturated heterocycles. The van der Waals surface area contributed by atoms with Crippen molar-refractivity contribution in [1.82, 2.24) is 15.2 Å². The van der Waals surface area contributed by atoms with Crippen LogP contribution >= 0.6 is 0 Å². The zero-order valence-corrected chi connectivity index (χ0v) is 9.71. The third kappa shape index (κ3) is 3.01. The number of rotatable bonds is 5. The Kier molecular flexibility index (Phi) is 3.66. The van der Waals surface area contributed by atoms with Gasteiger partial charge < -0.3 is 15.1 Å². The Morgan fingerprint density at radius 2 is 2.29 bits per heavy atom. The van der Waals surface area contributed by atoms with E-state index in [-0.39, 0.29) is 0 Å². The van der Waals surface area contributed by atoms with Gasteiger partial charge in [-0.15, -0.1) is 5.10 Å². The van der Waals surface area contributed by atoms with Crippen molar-refractivity contribution < 1.29 is 4.42 Å². The van der Waals surface area contributed by atoms with Crippen molar-refractivity contribution >= 4 is 6.01 Å². The van der Waals surface area contributed by atoms with Crippen LogP contribution in [0, 0.1) is 0 Å². The first-order chi connectivity index (χ1) is 8.29. The average Bonchev–Trinajstić information content (AvgIpc) is 2.79. The lowest BCUT2D eigenvalue weighted by molar-refractivity contribution is 0.489. The highest BCUT2D eigenvalue weighted by Crippen LogP contribution is 2.13. The van der Waals surface area contributed by atoms with E-state index in [0.29, 0.717) is 31.4 Å². The molecule has 6 nitrogen and oxygen atoms in total. The maximum Gasteiger partial charge on any atom is 0.318 e. The molecule has 2 heterocycles. The molecule has 0 aliphatic rings. The number of nitrogens with zero attached hydrogens (tertiary/aromatic N) is 4. The first-order valence-electron chi connectivity index (χ1n) is 5.42. The van der Waals surface area contributed by atoms with E-state index in [1.165, 1.54) is 0 Å². The molecular weight excluding hydrogens is 218 g/mol. The first-order valence-corrected chi connectivity index (χ1v) is 5.42. The van der Waals surface area contributed by atoms with Crippen molar-refractivity contribution in [3.05, 3.63) is 36.0 Å². The minimum absolute atomic E-state index is 0.498. The van der Waals surface area contributed by atoms with Crippen LogP contribution in [0.4, 0.5) is 6.01 Å². The van der Waals surface area contributed by atoms with Gasteiger partial charge >= 0.3 is 6.01 Å². The van der Waals surface area contributed by atoms with Crippen LogP contribution in [0.15, 0.2) is 28.9 Å². The molecule has 2 rings (SSSR count). The van der Waals surface area contributed by atoms with Crippen molar-refractivity contribution in [3.63, 3.8) is 0 Å². The van der Waals surface area contributed by atoms with Gasteiger partial charge in [0.05, 0.1) is 0 Å². The van der Waals surface area contributed by atoms with E-state index in [0.717, 1.165) is 5.56 Å². The van der Waals surface area contributed by atoms with Gasteiger partial charge in [0, 0.05) is 39.0 Å². The normalized spacial score (nSPS) is 10.5. The van der Waals surface area contributed by atoms with Crippen LogP contribution in [-0.4, -0.2) is 28.8 Å². The molecule has 6 heteroatoms. The topological polar surface area (TPSA) is 81.1 Å². The minimum Gasteiger partial charge on any atom is -0.408 e. The molecule has 2 N–H and O–H groups in total.